The molecule has 96 valence electrons. The Kier molecular flexibility index (Phi) is 2.99. The molecule has 0 amide bonds. The molecule has 0 unspecified atom stereocenters. The average Bonchev–Trinajstić information content (AvgIpc) is 2.77. The maximum absolute atomic E-state index is 2.25. The molecule has 0 spiro atoms. The van der Waals surface area contributed by atoms with Crippen LogP contribution in [0, 0.1) is 6.92 Å². The number of aryl methyl sites for hydroxylation is 2. The van der Waals surface area contributed by atoms with E-state index >= 15 is 0 Å². The van der Waals surface area contributed by atoms with Crippen LogP contribution >= 0.6 is 11.3 Å². The van der Waals surface area contributed by atoms with Crippen LogP contribution in [-0.2, 0) is 7.05 Å². The first-order valence-corrected chi connectivity index (χ1v) is 7.16. The molecule has 0 saturated heterocycles. The predicted molar refractivity (Wildman–Crippen MR) is 82.2 cm³/mol. The van der Waals surface area contributed by atoms with E-state index in [0.29, 0.717) is 0 Å². The van der Waals surface area contributed by atoms with Gasteiger partial charge in [0.05, 0.1) is 18.8 Å². The van der Waals surface area contributed by atoms with Gasteiger partial charge in [-0.2, -0.15) is 0 Å². The molecule has 0 N–H and O–H groups in total. The lowest BCUT2D eigenvalue weighted by atomic mass is 10.2. The zero-order chi connectivity index (χ0) is 13.4. The molecule has 2 aromatic carbocycles. The summed E-state index contributed by atoms with van der Waals surface area (Å²) in [7, 11) is 4.24. The van der Waals surface area contributed by atoms with Crippen molar-refractivity contribution in [3.05, 3.63) is 54.1 Å². The summed E-state index contributed by atoms with van der Waals surface area (Å²) in [6.07, 6.45) is 0. The molecular formula is C16H17N2S+. The minimum absolute atomic E-state index is 1.22. The number of para-hydroxylation sites is 1. The van der Waals surface area contributed by atoms with Gasteiger partial charge < -0.3 is 0 Å². The van der Waals surface area contributed by atoms with Crippen LogP contribution in [-0.4, -0.2) is 7.05 Å². The number of anilines is 2. The van der Waals surface area contributed by atoms with Crippen molar-refractivity contribution in [2.75, 3.05) is 11.9 Å². The van der Waals surface area contributed by atoms with Crippen LogP contribution in [0.15, 0.2) is 48.5 Å². The fourth-order valence-electron chi connectivity index (χ4n) is 2.26. The third kappa shape index (κ3) is 2.10. The van der Waals surface area contributed by atoms with Gasteiger partial charge in [0.25, 0.3) is 0 Å². The number of fused-ring (bicyclic) bond motifs is 1. The highest BCUT2D eigenvalue weighted by molar-refractivity contribution is 7.21. The van der Waals surface area contributed by atoms with Crippen molar-refractivity contribution in [3.63, 3.8) is 0 Å². The van der Waals surface area contributed by atoms with E-state index in [-0.39, 0.29) is 0 Å². The smallest absolute Gasteiger partial charge is 0.221 e. The molecule has 3 aromatic rings. The molecule has 19 heavy (non-hydrogen) atoms. The zero-order valence-electron chi connectivity index (χ0n) is 11.4. The van der Waals surface area contributed by atoms with Gasteiger partial charge in [0.1, 0.15) is 11.2 Å². The summed E-state index contributed by atoms with van der Waals surface area (Å²) in [5, 5.41) is 1.24. The minimum atomic E-state index is 1.22. The summed E-state index contributed by atoms with van der Waals surface area (Å²) in [6, 6.07) is 17.2. The van der Waals surface area contributed by atoms with Crippen molar-refractivity contribution in [3.8, 4) is 0 Å². The Morgan fingerprint density at radius 2 is 1.68 bits per heavy atom. The highest BCUT2D eigenvalue weighted by atomic mass is 32.1. The van der Waals surface area contributed by atoms with Crippen LogP contribution in [0.1, 0.15) is 5.56 Å². The highest BCUT2D eigenvalue weighted by Gasteiger charge is 2.20. The number of benzene rings is 2. The van der Waals surface area contributed by atoms with E-state index in [0.717, 1.165) is 0 Å². The Hall–Kier alpha value is -1.87. The summed E-state index contributed by atoms with van der Waals surface area (Å²) in [6.45, 7) is 2.11. The van der Waals surface area contributed by atoms with E-state index in [4.69, 9.17) is 0 Å². The Morgan fingerprint density at radius 3 is 2.37 bits per heavy atom. The summed E-state index contributed by atoms with van der Waals surface area (Å²) in [4.78, 5) is 2.24. The number of hydrogen-bond acceptors (Lipinski definition) is 2. The molecule has 0 aliphatic carbocycles. The Morgan fingerprint density at radius 1 is 1.00 bits per heavy atom. The van der Waals surface area contributed by atoms with E-state index in [9.17, 15) is 0 Å². The third-order valence-corrected chi connectivity index (χ3v) is 4.72. The second kappa shape index (κ2) is 4.67. The lowest BCUT2D eigenvalue weighted by Crippen LogP contribution is -2.32. The van der Waals surface area contributed by atoms with Crippen LogP contribution in [0.3, 0.4) is 0 Å². The second-order valence-corrected chi connectivity index (χ2v) is 5.82. The van der Waals surface area contributed by atoms with Crippen molar-refractivity contribution in [1.29, 1.82) is 0 Å². The van der Waals surface area contributed by atoms with E-state index in [1.54, 1.807) is 0 Å². The Bertz CT molecular complexity index is 713. The molecule has 3 heteroatoms. The van der Waals surface area contributed by atoms with Crippen LogP contribution in [0.5, 0.6) is 0 Å². The van der Waals surface area contributed by atoms with Crippen molar-refractivity contribution in [1.82, 2.24) is 0 Å². The maximum Gasteiger partial charge on any atom is 0.341 e. The number of rotatable bonds is 2. The van der Waals surface area contributed by atoms with Crippen molar-refractivity contribution >= 4 is 32.4 Å². The summed E-state index contributed by atoms with van der Waals surface area (Å²) in [5.41, 5.74) is 3.78. The van der Waals surface area contributed by atoms with Crippen molar-refractivity contribution in [2.45, 2.75) is 6.92 Å². The van der Waals surface area contributed by atoms with Gasteiger partial charge in [0, 0.05) is 0 Å². The Balaban J connectivity index is 2.08. The van der Waals surface area contributed by atoms with Crippen LogP contribution in [0.2, 0.25) is 0 Å². The van der Waals surface area contributed by atoms with Crippen LogP contribution < -0.4 is 9.47 Å². The van der Waals surface area contributed by atoms with E-state index in [1.807, 2.05) is 11.3 Å². The molecule has 0 fully saturated rings. The quantitative estimate of drug-likeness (QED) is 0.642. The molecule has 0 aliphatic rings. The fourth-order valence-corrected chi connectivity index (χ4v) is 3.39. The molecule has 0 radical (unpaired) electrons. The summed E-state index contributed by atoms with van der Waals surface area (Å²) in [5.74, 6) is 0. The first-order valence-electron chi connectivity index (χ1n) is 6.35. The lowest BCUT2D eigenvalue weighted by Gasteiger charge is -2.10. The fraction of sp³-hybridized carbons (Fsp3) is 0.188. The first-order chi connectivity index (χ1) is 9.16. The maximum atomic E-state index is 2.25. The van der Waals surface area contributed by atoms with Gasteiger partial charge in [-0.1, -0.05) is 29.8 Å². The predicted octanol–water partition coefficient (Wildman–Crippen LogP) is 3.80. The zero-order valence-corrected chi connectivity index (χ0v) is 12.2. The second-order valence-electron chi connectivity index (χ2n) is 4.81. The Labute approximate surface area is 117 Å². The molecule has 1 heterocycles. The molecule has 0 atom stereocenters. The van der Waals surface area contributed by atoms with Crippen LogP contribution in [0.4, 0.5) is 10.8 Å². The third-order valence-electron chi connectivity index (χ3n) is 3.42. The van der Waals surface area contributed by atoms with Gasteiger partial charge in [0.2, 0.25) is 0 Å². The topological polar surface area (TPSA) is 7.12 Å². The molecular weight excluding hydrogens is 252 g/mol. The summed E-state index contributed by atoms with van der Waals surface area (Å²) >= 11 is 1.82. The normalized spacial score (nSPS) is 10.9. The number of thiazole rings is 1. The monoisotopic (exact) mass is 269 g/mol. The molecule has 0 saturated carbocycles. The SMILES string of the molecule is Cc1ccc(N(C)c2sc3ccccc3[n+]2C)cc1. The van der Waals surface area contributed by atoms with E-state index in [1.165, 1.54) is 26.6 Å². The van der Waals surface area contributed by atoms with Gasteiger partial charge in [-0.15, -0.1) is 0 Å². The molecule has 0 bridgehead atoms. The molecule has 0 aliphatic heterocycles. The van der Waals surface area contributed by atoms with Crippen molar-refractivity contribution < 1.29 is 4.57 Å². The van der Waals surface area contributed by atoms with Gasteiger partial charge in [-0.25, -0.2) is 9.47 Å². The lowest BCUT2D eigenvalue weighted by molar-refractivity contribution is -0.627. The first kappa shape index (κ1) is 12.2. The number of aromatic nitrogens is 1. The van der Waals surface area contributed by atoms with Crippen molar-refractivity contribution in [2.24, 2.45) is 7.05 Å². The number of hydrogen-bond donors (Lipinski definition) is 0. The summed E-state index contributed by atoms with van der Waals surface area (Å²) < 4.78 is 3.57. The number of nitrogens with zero attached hydrogens (tertiary/aromatic N) is 2. The largest absolute Gasteiger partial charge is 0.341 e. The highest BCUT2D eigenvalue weighted by Crippen LogP contribution is 2.30. The molecule has 1 aromatic heterocycles. The molecule has 2 nitrogen and oxygen atoms in total. The van der Waals surface area contributed by atoms with Gasteiger partial charge in [0.15, 0.2) is 0 Å². The minimum Gasteiger partial charge on any atom is -0.221 e. The average molecular weight is 269 g/mol. The molecule has 3 rings (SSSR count). The van der Waals surface area contributed by atoms with Gasteiger partial charge in [-0.05, 0) is 42.5 Å². The van der Waals surface area contributed by atoms with Gasteiger partial charge >= 0.3 is 5.13 Å². The standard InChI is InChI=1S/C16H17N2S/c1-12-8-10-13(11-9-12)17(2)16-18(3)14-6-4-5-7-15(14)19-16/h4-11H,1-3H3/q+1. The van der Waals surface area contributed by atoms with Gasteiger partial charge in [-0.3, -0.25) is 0 Å². The van der Waals surface area contributed by atoms with E-state index < -0.39 is 0 Å². The van der Waals surface area contributed by atoms with Crippen LogP contribution in [0.25, 0.3) is 10.2 Å². The van der Waals surface area contributed by atoms with E-state index in [2.05, 4.69) is 79.0 Å².